The van der Waals surface area contributed by atoms with Gasteiger partial charge in [-0.2, -0.15) is 13.2 Å². The third kappa shape index (κ3) is 4.56. The van der Waals surface area contributed by atoms with Gasteiger partial charge in [0.2, 0.25) is 0 Å². The van der Waals surface area contributed by atoms with Crippen LogP contribution in [0.5, 0.6) is 0 Å². The number of fused-ring (bicyclic) bond motifs is 1. The lowest BCUT2D eigenvalue weighted by atomic mass is 10.1. The minimum absolute atomic E-state index is 0.387. The monoisotopic (exact) mass is 402 g/mol. The lowest BCUT2D eigenvalue weighted by Crippen LogP contribution is -2.36. The number of aromatic amines is 1. The predicted octanol–water partition coefficient (Wildman–Crippen LogP) is 5.17. The Labute approximate surface area is 168 Å². The summed E-state index contributed by atoms with van der Waals surface area (Å²) in [5.74, 6) is 0.571. The summed E-state index contributed by atoms with van der Waals surface area (Å²) in [7, 11) is 2.08. The molecule has 2 heterocycles. The summed E-state index contributed by atoms with van der Waals surface area (Å²) in [6.45, 7) is 4.40. The van der Waals surface area contributed by atoms with E-state index in [0.717, 1.165) is 36.5 Å². The number of alkyl halides is 3. The average molecular weight is 402 g/mol. The van der Waals surface area contributed by atoms with E-state index in [2.05, 4.69) is 26.8 Å². The molecule has 0 atom stereocenters. The van der Waals surface area contributed by atoms with Crippen molar-refractivity contribution in [3.05, 3.63) is 48.0 Å². The molecule has 0 spiro atoms. The number of imidazole rings is 1. The molecular weight excluding hydrogens is 377 g/mol. The number of piperidine rings is 1. The predicted molar refractivity (Wildman–Crippen MR) is 110 cm³/mol. The van der Waals surface area contributed by atoms with Crippen molar-refractivity contribution in [1.29, 1.82) is 0 Å². The maximum Gasteiger partial charge on any atom is 0.416 e. The number of halogens is 3. The van der Waals surface area contributed by atoms with Crippen molar-refractivity contribution in [2.45, 2.75) is 25.4 Å². The summed E-state index contributed by atoms with van der Waals surface area (Å²) in [5.41, 5.74) is 2.20. The van der Waals surface area contributed by atoms with Crippen LogP contribution in [-0.2, 0) is 6.18 Å². The van der Waals surface area contributed by atoms with E-state index in [1.807, 2.05) is 24.3 Å². The van der Waals surface area contributed by atoms with Crippen LogP contribution >= 0.6 is 0 Å². The van der Waals surface area contributed by atoms with Crippen molar-refractivity contribution in [1.82, 2.24) is 14.9 Å². The van der Waals surface area contributed by atoms with E-state index in [0.29, 0.717) is 16.9 Å². The molecule has 1 aliphatic heterocycles. The van der Waals surface area contributed by atoms with Crippen LogP contribution in [0, 0.1) is 0 Å². The summed E-state index contributed by atoms with van der Waals surface area (Å²) < 4.78 is 38.7. The zero-order chi connectivity index (χ0) is 20.4. The van der Waals surface area contributed by atoms with Crippen molar-refractivity contribution >= 4 is 16.7 Å². The molecule has 3 aromatic rings. The number of nitrogens with one attached hydrogen (secondary N) is 1. The SMILES string of the molecule is CN(CCN1CCCCC1)c1ccc(-c2nc3ccc(C(F)(F)F)cc3[nH]2)cc1. The molecular formula is C22H25F3N4. The Balaban J connectivity index is 1.45. The van der Waals surface area contributed by atoms with Crippen LogP contribution in [0.3, 0.4) is 0 Å². The van der Waals surface area contributed by atoms with E-state index in [9.17, 15) is 13.2 Å². The molecule has 29 heavy (non-hydrogen) atoms. The van der Waals surface area contributed by atoms with Crippen molar-refractivity contribution < 1.29 is 13.2 Å². The maximum atomic E-state index is 12.9. The molecule has 154 valence electrons. The Kier molecular flexibility index (Phi) is 5.50. The Morgan fingerprint density at radius 2 is 1.76 bits per heavy atom. The summed E-state index contributed by atoms with van der Waals surface area (Å²) in [5, 5.41) is 0. The highest BCUT2D eigenvalue weighted by atomic mass is 19.4. The van der Waals surface area contributed by atoms with Gasteiger partial charge < -0.3 is 14.8 Å². The topological polar surface area (TPSA) is 35.2 Å². The summed E-state index contributed by atoms with van der Waals surface area (Å²) in [6.07, 6.45) is -0.437. The molecule has 2 aromatic carbocycles. The molecule has 1 aliphatic rings. The Morgan fingerprint density at radius 3 is 2.45 bits per heavy atom. The smallest absolute Gasteiger partial charge is 0.373 e. The highest BCUT2D eigenvalue weighted by Gasteiger charge is 2.30. The van der Waals surface area contributed by atoms with Crippen LogP contribution in [0.15, 0.2) is 42.5 Å². The lowest BCUT2D eigenvalue weighted by Gasteiger charge is -2.29. The van der Waals surface area contributed by atoms with Crippen LogP contribution in [0.1, 0.15) is 24.8 Å². The zero-order valence-electron chi connectivity index (χ0n) is 16.5. The molecule has 1 fully saturated rings. The molecule has 0 aliphatic carbocycles. The van der Waals surface area contributed by atoms with Gasteiger partial charge in [0.25, 0.3) is 0 Å². The summed E-state index contributed by atoms with van der Waals surface area (Å²) in [4.78, 5) is 12.2. The van der Waals surface area contributed by atoms with Gasteiger partial charge in [0, 0.05) is 31.4 Å². The first-order valence-electron chi connectivity index (χ1n) is 10.0. The van der Waals surface area contributed by atoms with Crippen LogP contribution in [0.25, 0.3) is 22.4 Å². The lowest BCUT2D eigenvalue weighted by molar-refractivity contribution is -0.137. The fourth-order valence-corrected chi connectivity index (χ4v) is 3.80. The molecule has 1 aromatic heterocycles. The quantitative estimate of drug-likeness (QED) is 0.639. The molecule has 4 nitrogen and oxygen atoms in total. The van der Waals surface area contributed by atoms with Gasteiger partial charge in [-0.25, -0.2) is 4.98 Å². The standard InChI is InChI=1S/C22H25F3N4/c1-28(13-14-29-11-3-2-4-12-29)18-8-5-16(6-9-18)21-26-19-10-7-17(22(23,24)25)15-20(19)27-21/h5-10,15H,2-4,11-14H2,1H3,(H,26,27). The number of hydrogen-bond acceptors (Lipinski definition) is 3. The van der Waals surface area contributed by atoms with E-state index in [4.69, 9.17) is 0 Å². The zero-order valence-corrected chi connectivity index (χ0v) is 16.5. The number of benzene rings is 2. The number of rotatable bonds is 5. The van der Waals surface area contributed by atoms with E-state index >= 15 is 0 Å². The van der Waals surface area contributed by atoms with Gasteiger partial charge in [-0.3, -0.25) is 0 Å². The van der Waals surface area contributed by atoms with Gasteiger partial charge in [-0.1, -0.05) is 6.42 Å². The number of aromatic nitrogens is 2. The normalized spacial score (nSPS) is 15.7. The molecule has 0 radical (unpaired) electrons. The second kappa shape index (κ2) is 8.06. The van der Waals surface area contributed by atoms with Crippen molar-refractivity contribution in [3.8, 4) is 11.4 Å². The van der Waals surface area contributed by atoms with E-state index in [1.165, 1.54) is 38.4 Å². The minimum Gasteiger partial charge on any atom is -0.373 e. The molecule has 4 rings (SSSR count). The number of hydrogen-bond donors (Lipinski definition) is 1. The Bertz CT molecular complexity index is 956. The molecule has 0 bridgehead atoms. The summed E-state index contributed by atoms with van der Waals surface area (Å²) >= 11 is 0. The number of likely N-dealkylation sites (tertiary alicyclic amines) is 1. The number of anilines is 1. The molecule has 1 N–H and O–H groups in total. The number of H-pyrrole nitrogens is 1. The number of nitrogens with zero attached hydrogens (tertiary/aromatic N) is 3. The van der Waals surface area contributed by atoms with Gasteiger partial charge in [0.15, 0.2) is 0 Å². The molecule has 0 unspecified atom stereocenters. The fourth-order valence-electron chi connectivity index (χ4n) is 3.80. The highest BCUT2D eigenvalue weighted by Crippen LogP contribution is 2.32. The van der Waals surface area contributed by atoms with Gasteiger partial charge in [-0.15, -0.1) is 0 Å². The second-order valence-corrected chi connectivity index (χ2v) is 7.69. The molecule has 0 amide bonds. The molecule has 1 saturated heterocycles. The second-order valence-electron chi connectivity index (χ2n) is 7.69. The Morgan fingerprint density at radius 1 is 1.03 bits per heavy atom. The van der Waals surface area contributed by atoms with Crippen molar-refractivity contribution in [2.75, 3.05) is 38.1 Å². The van der Waals surface area contributed by atoms with Crippen molar-refractivity contribution in [3.63, 3.8) is 0 Å². The first-order valence-corrected chi connectivity index (χ1v) is 10.0. The maximum absolute atomic E-state index is 12.9. The van der Waals surface area contributed by atoms with Gasteiger partial charge in [-0.05, 0) is 68.4 Å². The first kappa shape index (κ1) is 19.8. The van der Waals surface area contributed by atoms with Crippen LogP contribution in [-0.4, -0.2) is 48.1 Å². The van der Waals surface area contributed by atoms with E-state index < -0.39 is 11.7 Å². The van der Waals surface area contributed by atoms with E-state index in [1.54, 1.807) is 0 Å². The van der Waals surface area contributed by atoms with Gasteiger partial charge in [0.05, 0.1) is 16.6 Å². The highest BCUT2D eigenvalue weighted by molar-refractivity contribution is 5.80. The number of likely N-dealkylation sites (N-methyl/N-ethyl adjacent to an activating group) is 1. The van der Waals surface area contributed by atoms with E-state index in [-0.39, 0.29) is 0 Å². The summed E-state index contributed by atoms with van der Waals surface area (Å²) in [6, 6.07) is 11.5. The fraction of sp³-hybridized carbons (Fsp3) is 0.409. The van der Waals surface area contributed by atoms with Crippen molar-refractivity contribution in [2.24, 2.45) is 0 Å². The van der Waals surface area contributed by atoms with Gasteiger partial charge in [0.1, 0.15) is 5.82 Å². The first-order chi connectivity index (χ1) is 13.9. The minimum atomic E-state index is -4.36. The van der Waals surface area contributed by atoms with Gasteiger partial charge >= 0.3 is 6.18 Å². The molecule has 7 heteroatoms. The third-order valence-corrected chi connectivity index (χ3v) is 5.59. The largest absolute Gasteiger partial charge is 0.416 e. The Hall–Kier alpha value is -2.54. The molecule has 0 saturated carbocycles. The third-order valence-electron chi connectivity index (χ3n) is 5.59. The van der Waals surface area contributed by atoms with Crippen LogP contribution in [0.2, 0.25) is 0 Å². The van der Waals surface area contributed by atoms with Crippen LogP contribution < -0.4 is 4.90 Å². The average Bonchev–Trinajstić information content (AvgIpc) is 3.16. The van der Waals surface area contributed by atoms with Crippen LogP contribution in [0.4, 0.5) is 18.9 Å².